The Morgan fingerprint density at radius 3 is 2.31 bits per heavy atom. The average molecular weight is 239 g/mol. The fourth-order valence-corrected chi connectivity index (χ4v) is 3.11. The van der Waals surface area contributed by atoms with Crippen molar-refractivity contribution in [2.24, 2.45) is 0 Å². The number of para-hydroxylation sites is 1. The summed E-state index contributed by atoms with van der Waals surface area (Å²) in [7, 11) is 1.99. The van der Waals surface area contributed by atoms with Crippen LogP contribution < -0.4 is 5.32 Å². The summed E-state index contributed by atoms with van der Waals surface area (Å²) < 4.78 is 10.7. The van der Waals surface area contributed by atoms with Gasteiger partial charge >= 0.3 is 9.28 Å². The van der Waals surface area contributed by atoms with Gasteiger partial charge in [0.2, 0.25) is 0 Å². The molecule has 0 heterocycles. The summed E-state index contributed by atoms with van der Waals surface area (Å²) in [5.74, 6) is 0. The van der Waals surface area contributed by atoms with E-state index in [9.17, 15) is 0 Å². The third-order valence-corrected chi connectivity index (χ3v) is 4.65. The Kier molecular flexibility index (Phi) is 6.14. The first-order valence-corrected chi connectivity index (χ1v) is 7.43. The Balaban J connectivity index is 2.49. The maximum absolute atomic E-state index is 5.35. The molecule has 0 bridgehead atoms. The lowest BCUT2D eigenvalue weighted by molar-refractivity contribution is 0.275. The lowest BCUT2D eigenvalue weighted by Gasteiger charge is -2.21. The number of hydrogen-bond acceptors (Lipinski definition) is 3. The van der Waals surface area contributed by atoms with E-state index in [0.717, 1.165) is 18.2 Å². The Labute approximate surface area is 99.6 Å². The Morgan fingerprint density at radius 2 is 1.81 bits per heavy atom. The van der Waals surface area contributed by atoms with Crippen molar-refractivity contribution < 1.29 is 8.85 Å². The van der Waals surface area contributed by atoms with Crippen molar-refractivity contribution in [1.29, 1.82) is 0 Å². The second-order valence-electron chi connectivity index (χ2n) is 3.75. The molecule has 0 saturated heterocycles. The van der Waals surface area contributed by atoms with E-state index in [1.54, 1.807) is 14.2 Å². The van der Waals surface area contributed by atoms with E-state index in [1.165, 1.54) is 0 Å². The van der Waals surface area contributed by atoms with Crippen LogP contribution in [-0.4, -0.2) is 29.5 Å². The summed E-state index contributed by atoms with van der Waals surface area (Å²) in [6.07, 6.45) is 1.07. The van der Waals surface area contributed by atoms with E-state index in [4.69, 9.17) is 8.85 Å². The Morgan fingerprint density at radius 1 is 1.19 bits per heavy atom. The monoisotopic (exact) mass is 239 g/mol. The Hall–Kier alpha value is -0.843. The lowest BCUT2D eigenvalue weighted by atomic mass is 10.2. The molecule has 1 aromatic rings. The van der Waals surface area contributed by atoms with Crippen LogP contribution in [0.3, 0.4) is 0 Å². The Bertz CT molecular complexity index is 278. The molecule has 0 aliphatic rings. The van der Waals surface area contributed by atoms with Crippen LogP contribution in [-0.2, 0) is 8.85 Å². The van der Waals surface area contributed by atoms with E-state index in [0.29, 0.717) is 6.04 Å². The van der Waals surface area contributed by atoms with Gasteiger partial charge < -0.3 is 14.2 Å². The molecule has 0 fully saturated rings. The summed E-state index contributed by atoms with van der Waals surface area (Å²) >= 11 is 0. The van der Waals surface area contributed by atoms with Gasteiger partial charge in [-0.25, -0.2) is 0 Å². The van der Waals surface area contributed by atoms with Gasteiger partial charge in [0, 0.05) is 32.0 Å². The van der Waals surface area contributed by atoms with Gasteiger partial charge in [0.25, 0.3) is 0 Å². The smallest absolute Gasteiger partial charge is 0.322 e. The highest BCUT2D eigenvalue weighted by Gasteiger charge is 2.16. The normalized spacial score (nSPS) is 12.8. The van der Waals surface area contributed by atoms with Crippen LogP contribution in [0.15, 0.2) is 30.3 Å². The first-order valence-electron chi connectivity index (χ1n) is 5.67. The maximum atomic E-state index is 5.35. The third-order valence-electron chi connectivity index (χ3n) is 2.64. The zero-order valence-corrected chi connectivity index (χ0v) is 11.4. The topological polar surface area (TPSA) is 30.5 Å². The highest BCUT2D eigenvalue weighted by atomic mass is 28.3. The molecular formula is C12H21NO2Si. The summed E-state index contributed by atoms with van der Waals surface area (Å²) in [6.45, 7) is 2.18. The zero-order chi connectivity index (χ0) is 11.8. The molecule has 0 amide bonds. The van der Waals surface area contributed by atoms with Gasteiger partial charge in [0.1, 0.15) is 0 Å². The van der Waals surface area contributed by atoms with Gasteiger partial charge in [-0.1, -0.05) is 25.1 Å². The second-order valence-corrected chi connectivity index (χ2v) is 6.03. The van der Waals surface area contributed by atoms with Gasteiger partial charge in [-0.05, 0) is 18.6 Å². The number of hydrogen-bond donors (Lipinski definition) is 1. The molecule has 1 aromatic carbocycles. The minimum Gasteiger partial charge on any atom is -0.400 e. The van der Waals surface area contributed by atoms with Crippen molar-refractivity contribution in [3.63, 3.8) is 0 Å². The molecular weight excluding hydrogens is 218 g/mol. The fraction of sp³-hybridized carbons (Fsp3) is 0.500. The highest BCUT2D eigenvalue weighted by Crippen LogP contribution is 2.13. The molecule has 1 N–H and O–H groups in total. The molecule has 1 atom stereocenters. The second kappa shape index (κ2) is 7.43. The number of anilines is 1. The molecule has 0 aliphatic heterocycles. The van der Waals surface area contributed by atoms with Crippen LogP contribution in [0.25, 0.3) is 0 Å². The van der Waals surface area contributed by atoms with E-state index in [1.807, 2.05) is 18.2 Å². The quantitative estimate of drug-likeness (QED) is 0.741. The molecule has 4 heteroatoms. The van der Waals surface area contributed by atoms with E-state index in [2.05, 4.69) is 24.4 Å². The number of benzene rings is 1. The minimum atomic E-state index is -1.47. The molecule has 1 unspecified atom stereocenters. The largest absolute Gasteiger partial charge is 0.400 e. The lowest BCUT2D eigenvalue weighted by Crippen LogP contribution is -2.29. The van der Waals surface area contributed by atoms with Crippen LogP contribution in [0.1, 0.15) is 13.3 Å². The van der Waals surface area contributed by atoms with Gasteiger partial charge in [-0.2, -0.15) is 0 Å². The molecule has 16 heavy (non-hydrogen) atoms. The molecule has 0 radical (unpaired) electrons. The van der Waals surface area contributed by atoms with Gasteiger partial charge in [0.15, 0.2) is 0 Å². The summed E-state index contributed by atoms with van der Waals surface area (Å²) in [5.41, 5.74) is 1.16. The van der Waals surface area contributed by atoms with E-state index >= 15 is 0 Å². The molecule has 3 nitrogen and oxygen atoms in total. The molecule has 0 saturated carbocycles. The summed E-state index contributed by atoms with van der Waals surface area (Å²) in [6, 6.07) is 11.7. The predicted molar refractivity (Wildman–Crippen MR) is 70.1 cm³/mol. The third kappa shape index (κ3) is 4.34. The van der Waals surface area contributed by atoms with Crippen molar-refractivity contribution >= 4 is 15.0 Å². The minimum absolute atomic E-state index is 0.430. The fourth-order valence-electron chi connectivity index (χ4n) is 1.62. The maximum Gasteiger partial charge on any atom is 0.322 e. The average Bonchev–Trinajstić information content (AvgIpc) is 2.35. The van der Waals surface area contributed by atoms with Crippen LogP contribution in [0.4, 0.5) is 5.69 Å². The highest BCUT2D eigenvalue weighted by molar-refractivity contribution is 6.44. The van der Waals surface area contributed by atoms with Crippen molar-refractivity contribution in [2.75, 3.05) is 19.5 Å². The molecule has 0 aliphatic carbocycles. The first kappa shape index (κ1) is 13.2. The van der Waals surface area contributed by atoms with Crippen molar-refractivity contribution in [2.45, 2.75) is 25.4 Å². The van der Waals surface area contributed by atoms with E-state index in [-0.39, 0.29) is 0 Å². The van der Waals surface area contributed by atoms with Crippen LogP contribution in [0, 0.1) is 0 Å². The van der Waals surface area contributed by atoms with Gasteiger partial charge in [-0.15, -0.1) is 0 Å². The van der Waals surface area contributed by atoms with Crippen LogP contribution in [0.5, 0.6) is 0 Å². The molecule has 0 spiro atoms. The molecule has 90 valence electrons. The van der Waals surface area contributed by atoms with Crippen molar-refractivity contribution in [1.82, 2.24) is 0 Å². The van der Waals surface area contributed by atoms with E-state index < -0.39 is 9.28 Å². The van der Waals surface area contributed by atoms with Gasteiger partial charge in [0.05, 0.1) is 0 Å². The standard InChI is InChI=1S/C12H21NO2Si/c1-4-11(10-16(14-2)15-3)13-12-8-6-5-7-9-12/h5-9,11,13,16H,4,10H2,1-3H3. The molecule has 1 rings (SSSR count). The predicted octanol–water partition coefficient (Wildman–Crippen LogP) is 2.39. The van der Waals surface area contributed by atoms with Crippen LogP contribution in [0.2, 0.25) is 6.04 Å². The number of rotatable bonds is 7. The number of nitrogens with one attached hydrogen (secondary N) is 1. The SMILES string of the molecule is CCC(C[SiH](OC)OC)Nc1ccccc1. The van der Waals surface area contributed by atoms with Crippen LogP contribution >= 0.6 is 0 Å². The van der Waals surface area contributed by atoms with Crippen molar-refractivity contribution in [3.8, 4) is 0 Å². The van der Waals surface area contributed by atoms with Crippen molar-refractivity contribution in [3.05, 3.63) is 30.3 Å². The molecule has 0 aromatic heterocycles. The van der Waals surface area contributed by atoms with Gasteiger partial charge in [-0.3, -0.25) is 0 Å². The summed E-state index contributed by atoms with van der Waals surface area (Å²) in [4.78, 5) is 0. The summed E-state index contributed by atoms with van der Waals surface area (Å²) in [5, 5.41) is 3.50. The first-order chi connectivity index (χ1) is 7.80. The zero-order valence-electron chi connectivity index (χ0n) is 10.3.